The Morgan fingerprint density at radius 1 is 1.16 bits per heavy atom. The van der Waals surface area contributed by atoms with Crippen LogP contribution in [0, 0.1) is 20.2 Å². The summed E-state index contributed by atoms with van der Waals surface area (Å²) >= 11 is 0. The molecule has 100 valence electrons. The second kappa shape index (κ2) is 4.04. The van der Waals surface area contributed by atoms with Crippen molar-refractivity contribution in [2.24, 2.45) is 14.1 Å². The molecule has 0 spiro atoms. The van der Waals surface area contributed by atoms with E-state index in [1.165, 1.54) is 14.1 Å². The van der Waals surface area contributed by atoms with Crippen LogP contribution >= 0.6 is 0 Å². The number of tetrazole rings is 1. The van der Waals surface area contributed by atoms with E-state index in [9.17, 15) is 20.2 Å². The van der Waals surface area contributed by atoms with E-state index in [-0.39, 0.29) is 0 Å². The highest BCUT2D eigenvalue weighted by molar-refractivity contribution is 5.13. The molecule has 0 radical (unpaired) electrons. The third-order valence-corrected chi connectivity index (χ3v) is 2.31. The topological polar surface area (TPSA) is 161 Å². The summed E-state index contributed by atoms with van der Waals surface area (Å²) in [6.07, 6.45) is 1.06. The van der Waals surface area contributed by atoms with Gasteiger partial charge in [-0.15, -0.1) is 10.2 Å². The fourth-order valence-corrected chi connectivity index (χ4v) is 1.46. The maximum atomic E-state index is 11.3. The smallest absolute Gasteiger partial charge is 0.258 e. The lowest BCUT2D eigenvalue weighted by Gasteiger charge is -2.10. The SMILES string of the molecule is Cn1cc(C(c2nnn(C)n2)([N+](=O)[O-])[N+](=O)[O-])nn1. The lowest BCUT2D eigenvalue weighted by atomic mass is 10.1. The van der Waals surface area contributed by atoms with Crippen molar-refractivity contribution in [3.05, 3.63) is 37.9 Å². The van der Waals surface area contributed by atoms with Crippen molar-refractivity contribution < 1.29 is 9.85 Å². The van der Waals surface area contributed by atoms with Crippen molar-refractivity contribution in [3.8, 4) is 0 Å². The zero-order valence-corrected chi connectivity index (χ0v) is 9.74. The summed E-state index contributed by atoms with van der Waals surface area (Å²) in [5.41, 5.74) is -3.43. The number of rotatable bonds is 4. The molecule has 0 aliphatic carbocycles. The number of aromatic nitrogens is 7. The Labute approximate surface area is 104 Å². The third-order valence-electron chi connectivity index (χ3n) is 2.31. The van der Waals surface area contributed by atoms with Crippen molar-refractivity contribution in [2.75, 3.05) is 0 Å². The minimum Gasteiger partial charge on any atom is -0.258 e. The van der Waals surface area contributed by atoms with Crippen molar-refractivity contribution >= 4 is 0 Å². The Kier molecular flexibility index (Phi) is 2.65. The molecule has 0 aromatic carbocycles. The third kappa shape index (κ3) is 1.67. The molecule has 0 aliphatic rings. The highest BCUT2D eigenvalue weighted by Crippen LogP contribution is 2.29. The van der Waals surface area contributed by atoms with Gasteiger partial charge in [0.2, 0.25) is 5.69 Å². The van der Waals surface area contributed by atoms with Gasteiger partial charge in [0.1, 0.15) is 9.85 Å². The van der Waals surface area contributed by atoms with Gasteiger partial charge in [0.15, 0.2) is 0 Å². The largest absolute Gasteiger partial charge is 0.566 e. The molecule has 0 atom stereocenters. The second-order valence-corrected chi connectivity index (χ2v) is 3.57. The van der Waals surface area contributed by atoms with Crippen molar-refractivity contribution in [3.63, 3.8) is 0 Å². The summed E-state index contributed by atoms with van der Waals surface area (Å²) in [6.45, 7) is 0. The molecule has 0 amide bonds. The lowest BCUT2D eigenvalue weighted by Crippen LogP contribution is -2.46. The predicted molar refractivity (Wildman–Crippen MR) is 54.6 cm³/mol. The second-order valence-electron chi connectivity index (χ2n) is 3.57. The van der Waals surface area contributed by atoms with E-state index in [2.05, 4.69) is 25.7 Å². The summed E-state index contributed by atoms with van der Waals surface area (Å²) in [7, 11) is 2.75. The monoisotopic (exact) mass is 269 g/mol. The van der Waals surface area contributed by atoms with Crippen LogP contribution in [-0.2, 0) is 19.8 Å². The van der Waals surface area contributed by atoms with E-state index in [0.717, 1.165) is 15.7 Å². The highest BCUT2D eigenvalue weighted by Gasteiger charge is 2.67. The zero-order valence-electron chi connectivity index (χ0n) is 9.74. The van der Waals surface area contributed by atoms with E-state index in [1.807, 2.05) is 0 Å². The van der Waals surface area contributed by atoms with Gasteiger partial charge in [-0.2, -0.15) is 4.80 Å². The summed E-state index contributed by atoms with van der Waals surface area (Å²) in [5, 5.41) is 39.7. The molecule has 0 aliphatic heterocycles. The molecule has 0 N–H and O–H groups in total. The van der Waals surface area contributed by atoms with Crippen LogP contribution in [0.15, 0.2) is 6.20 Å². The first-order chi connectivity index (χ1) is 8.88. The van der Waals surface area contributed by atoms with Crippen LogP contribution in [0.25, 0.3) is 0 Å². The Bertz CT molecular complexity index is 588. The summed E-state index contributed by atoms with van der Waals surface area (Å²) in [6, 6.07) is 0. The first-order valence-corrected chi connectivity index (χ1v) is 4.79. The van der Waals surface area contributed by atoms with Gasteiger partial charge in [-0.25, -0.2) is 0 Å². The van der Waals surface area contributed by atoms with Crippen molar-refractivity contribution in [2.45, 2.75) is 5.66 Å². The molecule has 0 saturated carbocycles. The molecular formula is C6H7N9O4. The summed E-state index contributed by atoms with van der Waals surface area (Å²) in [5.74, 6) is -0.689. The number of nitrogens with zero attached hydrogens (tertiary/aromatic N) is 9. The summed E-state index contributed by atoms with van der Waals surface area (Å²) < 4.78 is 1.10. The van der Waals surface area contributed by atoms with Gasteiger partial charge in [-0.3, -0.25) is 24.9 Å². The fraction of sp³-hybridized carbons (Fsp3) is 0.500. The fourth-order valence-electron chi connectivity index (χ4n) is 1.46. The number of nitro groups is 2. The Morgan fingerprint density at radius 2 is 1.79 bits per heavy atom. The summed E-state index contributed by atoms with van der Waals surface area (Å²) in [4.78, 5) is 21.1. The van der Waals surface area contributed by atoms with E-state index in [4.69, 9.17) is 0 Å². The van der Waals surface area contributed by atoms with E-state index < -0.39 is 27.0 Å². The van der Waals surface area contributed by atoms with Crippen LogP contribution in [0.5, 0.6) is 0 Å². The highest BCUT2D eigenvalue weighted by atomic mass is 16.7. The Morgan fingerprint density at radius 3 is 2.16 bits per heavy atom. The van der Waals surface area contributed by atoms with Gasteiger partial charge in [0, 0.05) is 7.05 Å². The standard InChI is InChI=1S/C6H7N9O4/c1-12-3-4(7-10-12)6(14(16)17,15(18)19)5-8-11-13(2)9-5/h3H,1-2H3. The molecule has 2 aromatic rings. The van der Waals surface area contributed by atoms with Crippen LogP contribution in [0.1, 0.15) is 11.5 Å². The average Bonchev–Trinajstić information content (AvgIpc) is 2.89. The lowest BCUT2D eigenvalue weighted by molar-refractivity contribution is -0.798. The van der Waals surface area contributed by atoms with Gasteiger partial charge in [-0.1, -0.05) is 10.3 Å². The van der Waals surface area contributed by atoms with Gasteiger partial charge >= 0.3 is 11.5 Å². The molecule has 13 nitrogen and oxygen atoms in total. The molecule has 2 heterocycles. The van der Waals surface area contributed by atoms with Crippen LogP contribution in [-0.4, -0.2) is 45.0 Å². The Hall–Kier alpha value is -2.99. The number of hydrogen-bond donors (Lipinski definition) is 0. The van der Waals surface area contributed by atoms with E-state index in [1.54, 1.807) is 0 Å². The van der Waals surface area contributed by atoms with Gasteiger partial charge in [0.05, 0.1) is 13.2 Å². The van der Waals surface area contributed by atoms with Crippen LogP contribution in [0.4, 0.5) is 0 Å². The van der Waals surface area contributed by atoms with Gasteiger partial charge in [-0.05, 0) is 5.21 Å². The predicted octanol–water partition coefficient (Wildman–Crippen LogP) is -1.91. The normalized spacial score (nSPS) is 11.5. The van der Waals surface area contributed by atoms with Crippen LogP contribution in [0.3, 0.4) is 0 Å². The Balaban J connectivity index is 2.75. The van der Waals surface area contributed by atoms with Crippen molar-refractivity contribution in [1.82, 2.24) is 35.2 Å². The number of hydrogen-bond acceptors (Lipinski definition) is 9. The first kappa shape index (κ1) is 12.5. The minimum absolute atomic E-state index is 0.502. The molecule has 0 unspecified atom stereocenters. The van der Waals surface area contributed by atoms with Crippen LogP contribution < -0.4 is 0 Å². The molecule has 19 heavy (non-hydrogen) atoms. The van der Waals surface area contributed by atoms with Gasteiger partial charge in [0.25, 0.3) is 0 Å². The van der Waals surface area contributed by atoms with E-state index in [0.29, 0.717) is 0 Å². The maximum absolute atomic E-state index is 11.3. The first-order valence-electron chi connectivity index (χ1n) is 4.79. The molecule has 2 rings (SSSR count). The minimum atomic E-state index is -2.93. The van der Waals surface area contributed by atoms with Gasteiger partial charge < -0.3 is 0 Å². The molecule has 0 saturated heterocycles. The van der Waals surface area contributed by atoms with Crippen LogP contribution in [0.2, 0.25) is 0 Å². The maximum Gasteiger partial charge on any atom is 0.566 e. The number of aryl methyl sites for hydroxylation is 2. The average molecular weight is 269 g/mol. The quantitative estimate of drug-likeness (QED) is 0.350. The molecular weight excluding hydrogens is 262 g/mol. The molecule has 0 bridgehead atoms. The van der Waals surface area contributed by atoms with Crippen molar-refractivity contribution in [1.29, 1.82) is 0 Å². The molecule has 13 heteroatoms. The van der Waals surface area contributed by atoms with E-state index >= 15 is 0 Å². The molecule has 2 aromatic heterocycles. The molecule has 0 fully saturated rings. The zero-order chi connectivity index (χ0) is 14.2.